The summed E-state index contributed by atoms with van der Waals surface area (Å²) in [6, 6.07) is 10.8. The molecule has 33 heavy (non-hydrogen) atoms. The zero-order chi connectivity index (χ0) is 23.8. The molecule has 8 nitrogen and oxygen atoms in total. The van der Waals surface area contributed by atoms with E-state index >= 15 is 0 Å². The summed E-state index contributed by atoms with van der Waals surface area (Å²) in [5.74, 6) is 0.579. The van der Waals surface area contributed by atoms with Gasteiger partial charge in [0, 0.05) is 19.0 Å². The Morgan fingerprint density at radius 1 is 1.15 bits per heavy atom. The van der Waals surface area contributed by atoms with Crippen LogP contribution in [0.3, 0.4) is 0 Å². The third-order valence-electron chi connectivity index (χ3n) is 5.33. The first-order valence-corrected chi connectivity index (χ1v) is 10.7. The lowest BCUT2D eigenvalue weighted by Crippen LogP contribution is -2.49. The monoisotopic (exact) mass is 454 g/mol. The van der Waals surface area contributed by atoms with Gasteiger partial charge in [0.1, 0.15) is 12.4 Å². The Bertz CT molecular complexity index is 1090. The molecule has 2 aromatic rings. The van der Waals surface area contributed by atoms with Crippen molar-refractivity contribution >= 4 is 17.6 Å². The third kappa shape index (κ3) is 5.08. The number of nitrogens with zero attached hydrogens (tertiary/aromatic N) is 3. The Hall–Kier alpha value is -3.62. The smallest absolute Gasteiger partial charge is 0.318 e. The Labute approximate surface area is 192 Å². The van der Waals surface area contributed by atoms with Crippen LogP contribution in [0.2, 0.25) is 0 Å². The molecule has 0 fully saturated rings. The molecule has 0 unspecified atom stereocenters. The van der Waals surface area contributed by atoms with Gasteiger partial charge in [-0.15, -0.1) is 0 Å². The van der Waals surface area contributed by atoms with Crippen molar-refractivity contribution in [2.24, 2.45) is 5.10 Å². The first kappa shape index (κ1) is 22.6. The average molecular weight is 455 g/mol. The molecule has 9 heteroatoms. The fourth-order valence-corrected chi connectivity index (χ4v) is 3.70. The lowest BCUT2D eigenvalue weighted by molar-refractivity contribution is -0.133. The molecule has 0 aliphatic carbocycles. The van der Waals surface area contributed by atoms with Crippen molar-refractivity contribution in [2.75, 3.05) is 20.4 Å². The van der Waals surface area contributed by atoms with Crippen molar-refractivity contribution in [2.45, 2.75) is 38.8 Å². The second-order valence-corrected chi connectivity index (χ2v) is 9.16. The summed E-state index contributed by atoms with van der Waals surface area (Å²) < 4.78 is 24.3. The van der Waals surface area contributed by atoms with Gasteiger partial charge in [-0.25, -0.2) is 14.2 Å². The summed E-state index contributed by atoms with van der Waals surface area (Å²) in [5.41, 5.74) is 1.80. The van der Waals surface area contributed by atoms with Crippen LogP contribution < -0.4 is 14.8 Å². The Kier molecular flexibility index (Phi) is 5.97. The predicted molar refractivity (Wildman–Crippen MR) is 121 cm³/mol. The number of carbonyl (C=O) groups is 2. The molecule has 174 valence electrons. The molecule has 2 aliphatic rings. The molecule has 3 amide bonds. The van der Waals surface area contributed by atoms with E-state index < -0.39 is 11.6 Å². The summed E-state index contributed by atoms with van der Waals surface area (Å²) in [4.78, 5) is 27.0. The molecule has 0 spiro atoms. The van der Waals surface area contributed by atoms with Gasteiger partial charge in [-0.05, 0) is 56.2 Å². The van der Waals surface area contributed by atoms with Gasteiger partial charge in [0.05, 0.1) is 11.8 Å². The number of likely N-dealkylation sites (N-methyl/N-ethyl adjacent to an activating group) is 1. The van der Waals surface area contributed by atoms with Gasteiger partial charge >= 0.3 is 6.03 Å². The molecule has 0 aromatic heterocycles. The number of hydrogen-bond acceptors (Lipinski definition) is 5. The molecule has 2 aliphatic heterocycles. The van der Waals surface area contributed by atoms with Crippen molar-refractivity contribution in [1.29, 1.82) is 0 Å². The van der Waals surface area contributed by atoms with Gasteiger partial charge in [-0.2, -0.15) is 5.10 Å². The zero-order valence-electron chi connectivity index (χ0n) is 19.1. The molecular weight excluding hydrogens is 427 g/mol. The zero-order valence-corrected chi connectivity index (χ0v) is 19.1. The largest absolute Gasteiger partial charge is 0.454 e. The van der Waals surface area contributed by atoms with Crippen molar-refractivity contribution in [1.82, 2.24) is 15.2 Å². The number of carbonyl (C=O) groups excluding carboxylic acids is 2. The quantitative estimate of drug-likeness (QED) is 0.764. The minimum absolute atomic E-state index is 0.150. The van der Waals surface area contributed by atoms with Crippen LogP contribution in [0.15, 0.2) is 47.6 Å². The van der Waals surface area contributed by atoms with Crippen LogP contribution in [0.5, 0.6) is 11.5 Å². The topological polar surface area (TPSA) is 83.5 Å². The molecule has 0 radical (unpaired) electrons. The lowest BCUT2D eigenvalue weighted by Gasteiger charge is -2.28. The Morgan fingerprint density at radius 3 is 2.55 bits per heavy atom. The molecule has 0 saturated heterocycles. The number of halogens is 1. The van der Waals surface area contributed by atoms with Gasteiger partial charge in [0.15, 0.2) is 11.5 Å². The van der Waals surface area contributed by atoms with Crippen molar-refractivity contribution in [3.8, 4) is 11.5 Å². The van der Waals surface area contributed by atoms with Gasteiger partial charge < -0.3 is 19.7 Å². The third-order valence-corrected chi connectivity index (χ3v) is 5.33. The fourth-order valence-electron chi connectivity index (χ4n) is 3.70. The highest BCUT2D eigenvalue weighted by Crippen LogP contribution is 2.39. The number of hydrogen-bond donors (Lipinski definition) is 1. The molecule has 2 aromatic carbocycles. The van der Waals surface area contributed by atoms with Crippen LogP contribution in [0.25, 0.3) is 0 Å². The normalized spacial score (nSPS) is 17.1. The maximum absolute atomic E-state index is 13.4. The number of benzene rings is 2. The molecule has 4 rings (SSSR count). The maximum atomic E-state index is 13.4. The number of amides is 3. The number of urea groups is 1. The van der Waals surface area contributed by atoms with Crippen molar-refractivity contribution < 1.29 is 23.5 Å². The van der Waals surface area contributed by atoms with E-state index in [0.717, 1.165) is 11.1 Å². The van der Waals surface area contributed by atoms with E-state index in [-0.39, 0.29) is 31.1 Å². The first-order valence-electron chi connectivity index (χ1n) is 10.7. The molecule has 0 bridgehead atoms. The van der Waals surface area contributed by atoms with E-state index in [4.69, 9.17) is 9.47 Å². The van der Waals surface area contributed by atoms with E-state index in [1.165, 1.54) is 22.0 Å². The van der Waals surface area contributed by atoms with Crippen LogP contribution in [0.1, 0.15) is 44.4 Å². The van der Waals surface area contributed by atoms with E-state index in [0.29, 0.717) is 23.6 Å². The summed E-state index contributed by atoms with van der Waals surface area (Å²) in [5, 5.41) is 8.81. The summed E-state index contributed by atoms with van der Waals surface area (Å²) in [6.07, 6.45) is 0.439. The number of hydrazone groups is 1. The van der Waals surface area contributed by atoms with Gasteiger partial charge in [-0.1, -0.05) is 18.2 Å². The van der Waals surface area contributed by atoms with Crippen LogP contribution in [0.4, 0.5) is 9.18 Å². The average Bonchev–Trinajstić information content (AvgIpc) is 3.39. The molecule has 1 N–H and O–H groups in total. The molecule has 0 saturated carbocycles. The lowest BCUT2D eigenvalue weighted by atomic mass is 9.98. The van der Waals surface area contributed by atoms with Crippen LogP contribution in [-0.4, -0.2) is 53.5 Å². The highest BCUT2D eigenvalue weighted by Gasteiger charge is 2.35. The predicted octanol–water partition coefficient (Wildman–Crippen LogP) is 3.67. The number of rotatable bonds is 4. The summed E-state index contributed by atoms with van der Waals surface area (Å²) >= 11 is 0. The molecule has 1 atom stereocenters. The molecule has 2 heterocycles. The van der Waals surface area contributed by atoms with Crippen molar-refractivity contribution in [3.63, 3.8) is 0 Å². The first-order chi connectivity index (χ1) is 15.6. The Morgan fingerprint density at radius 2 is 1.85 bits per heavy atom. The van der Waals surface area contributed by atoms with Crippen molar-refractivity contribution in [3.05, 3.63) is 59.4 Å². The minimum Gasteiger partial charge on any atom is -0.454 e. The van der Waals surface area contributed by atoms with Crippen LogP contribution in [-0.2, 0) is 4.79 Å². The number of fused-ring (bicyclic) bond motifs is 1. The highest BCUT2D eigenvalue weighted by molar-refractivity contribution is 6.03. The van der Waals surface area contributed by atoms with Gasteiger partial charge in [0.25, 0.3) is 5.91 Å². The fraction of sp³-hybridized carbons (Fsp3) is 0.375. The summed E-state index contributed by atoms with van der Waals surface area (Å²) in [6.45, 7) is 5.61. The van der Waals surface area contributed by atoms with E-state index in [1.54, 1.807) is 25.2 Å². The number of ether oxygens (including phenoxy) is 2. The van der Waals surface area contributed by atoms with E-state index in [9.17, 15) is 14.0 Å². The van der Waals surface area contributed by atoms with Gasteiger partial charge in [0.2, 0.25) is 6.79 Å². The molecular formula is C24H27FN4O4. The van der Waals surface area contributed by atoms with E-state index in [1.807, 2.05) is 32.9 Å². The number of nitrogens with one attached hydrogen (secondary N) is 1. The standard InChI is InChI=1S/C24H27FN4O4/c1-24(2,3)26-23(31)28(4)13-22(30)29-19(16-7-10-20-21(11-16)33-14-32-20)12-18(27-29)15-5-8-17(25)9-6-15/h5-11,19H,12-14H2,1-4H3,(H,26,31)/t19-/m0/s1. The Balaban J connectivity index is 1.59. The van der Waals surface area contributed by atoms with Crippen LogP contribution >= 0.6 is 0 Å². The second-order valence-electron chi connectivity index (χ2n) is 9.16. The van der Waals surface area contributed by atoms with Crippen LogP contribution in [0, 0.1) is 5.82 Å². The SMILES string of the molecule is CN(CC(=O)N1N=C(c2ccc(F)cc2)C[C@H]1c1ccc2c(c1)OCO2)C(=O)NC(C)(C)C. The van der Waals surface area contributed by atoms with E-state index in [2.05, 4.69) is 10.4 Å². The van der Waals surface area contributed by atoms with Gasteiger partial charge in [-0.3, -0.25) is 4.79 Å². The maximum Gasteiger partial charge on any atom is 0.318 e. The summed E-state index contributed by atoms with van der Waals surface area (Å²) in [7, 11) is 1.56. The minimum atomic E-state index is -0.426. The highest BCUT2D eigenvalue weighted by atomic mass is 19.1. The second kappa shape index (κ2) is 8.73.